The van der Waals surface area contributed by atoms with Crippen LogP contribution < -0.4 is 5.32 Å². The van der Waals surface area contributed by atoms with Crippen molar-refractivity contribution in [2.45, 2.75) is 53.4 Å². The number of hydrogen-bond acceptors (Lipinski definition) is 5. The summed E-state index contributed by atoms with van der Waals surface area (Å²) in [6, 6.07) is 7.40. The first-order valence-corrected chi connectivity index (χ1v) is 11.7. The van der Waals surface area contributed by atoms with Gasteiger partial charge in [0.1, 0.15) is 0 Å². The van der Waals surface area contributed by atoms with Crippen LogP contribution in [0.3, 0.4) is 0 Å². The predicted octanol–water partition coefficient (Wildman–Crippen LogP) is 5.97. The maximum atomic E-state index is 13.1. The van der Waals surface area contributed by atoms with Gasteiger partial charge in [-0.2, -0.15) is 0 Å². The van der Waals surface area contributed by atoms with Gasteiger partial charge >= 0.3 is 5.97 Å². The molecular formula is C23H30ClNO3S. The Kier molecular flexibility index (Phi) is 9.31. The maximum Gasteiger partial charge on any atom is 0.336 e. The quantitative estimate of drug-likeness (QED) is 0.484. The van der Waals surface area contributed by atoms with Crippen LogP contribution in [-0.4, -0.2) is 23.4 Å². The Morgan fingerprint density at radius 1 is 1.14 bits per heavy atom. The largest absolute Gasteiger partial charge is 0.462 e. The molecule has 0 radical (unpaired) electrons. The van der Waals surface area contributed by atoms with Crippen molar-refractivity contribution in [1.29, 1.82) is 0 Å². The SMILES string of the molecule is CCCOC(=O)C1=C(c2cccc(Cl)c2)NC(CC)=C(C(=O)SCCC)C1CC. The van der Waals surface area contributed by atoms with Crippen molar-refractivity contribution in [2.75, 3.05) is 12.4 Å². The van der Waals surface area contributed by atoms with Gasteiger partial charge in [0.25, 0.3) is 0 Å². The van der Waals surface area contributed by atoms with Crippen molar-refractivity contribution < 1.29 is 14.3 Å². The van der Waals surface area contributed by atoms with Crippen LogP contribution in [0.15, 0.2) is 41.1 Å². The topological polar surface area (TPSA) is 55.4 Å². The summed E-state index contributed by atoms with van der Waals surface area (Å²) in [5.41, 5.74) is 3.59. The average Bonchev–Trinajstić information content (AvgIpc) is 2.73. The number of thioether (sulfide) groups is 1. The molecule has 158 valence electrons. The number of carbonyl (C=O) groups is 2. The lowest BCUT2D eigenvalue weighted by atomic mass is 9.82. The van der Waals surface area contributed by atoms with E-state index in [9.17, 15) is 9.59 Å². The number of rotatable bonds is 9. The van der Waals surface area contributed by atoms with Crippen LogP contribution >= 0.6 is 23.4 Å². The molecule has 0 amide bonds. The second-order valence-corrected chi connectivity index (χ2v) is 8.41. The standard InChI is InChI=1S/C23H30ClNO3S/c1-5-12-28-22(26)20-17(7-3)19(23(27)29-13-6-2)18(8-4)25-21(20)15-10-9-11-16(24)14-15/h9-11,14,17,25H,5-8,12-13H2,1-4H3. The molecule has 4 nitrogen and oxygen atoms in total. The van der Waals surface area contributed by atoms with E-state index in [1.54, 1.807) is 6.07 Å². The minimum Gasteiger partial charge on any atom is -0.462 e. The Bertz CT molecular complexity index is 816. The second kappa shape index (κ2) is 11.5. The van der Waals surface area contributed by atoms with E-state index in [1.807, 2.05) is 39.0 Å². The number of allylic oxidation sites excluding steroid dienone is 1. The van der Waals surface area contributed by atoms with Crippen molar-refractivity contribution in [3.8, 4) is 0 Å². The Labute approximate surface area is 183 Å². The minimum absolute atomic E-state index is 0.0361. The molecule has 0 saturated heterocycles. The molecule has 0 fully saturated rings. The molecule has 1 N–H and O–H groups in total. The first-order chi connectivity index (χ1) is 14.0. The van der Waals surface area contributed by atoms with Gasteiger partial charge in [0.05, 0.1) is 17.9 Å². The lowest BCUT2D eigenvalue weighted by molar-refractivity contribution is -0.139. The summed E-state index contributed by atoms with van der Waals surface area (Å²) in [6.45, 7) is 8.38. The van der Waals surface area contributed by atoms with Gasteiger partial charge in [0.2, 0.25) is 5.12 Å². The molecule has 0 aromatic heterocycles. The fraction of sp³-hybridized carbons (Fsp3) is 0.478. The maximum absolute atomic E-state index is 13.1. The van der Waals surface area contributed by atoms with Crippen LogP contribution in [0.4, 0.5) is 0 Å². The van der Waals surface area contributed by atoms with E-state index >= 15 is 0 Å². The highest BCUT2D eigenvalue weighted by molar-refractivity contribution is 8.14. The van der Waals surface area contributed by atoms with Crippen LogP contribution in [0.5, 0.6) is 0 Å². The summed E-state index contributed by atoms with van der Waals surface area (Å²) in [5.74, 6) is 0.0829. The lowest BCUT2D eigenvalue weighted by Crippen LogP contribution is -2.33. The molecule has 1 atom stereocenters. The van der Waals surface area contributed by atoms with Gasteiger partial charge in [-0.05, 0) is 43.4 Å². The van der Waals surface area contributed by atoms with Gasteiger partial charge in [-0.25, -0.2) is 4.79 Å². The van der Waals surface area contributed by atoms with E-state index in [1.165, 1.54) is 11.8 Å². The summed E-state index contributed by atoms with van der Waals surface area (Å²) < 4.78 is 5.51. The Morgan fingerprint density at radius 2 is 1.90 bits per heavy atom. The molecule has 1 unspecified atom stereocenters. The molecular weight excluding hydrogens is 406 g/mol. The smallest absolute Gasteiger partial charge is 0.336 e. The summed E-state index contributed by atoms with van der Waals surface area (Å²) >= 11 is 7.54. The molecule has 2 rings (SSSR count). The monoisotopic (exact) mass is 435 g/mol. The number of carbonyl (C=O) groups excluding carboxylic acids is 2. The fourth-order valence-electron chi connectivity index (χ4n) is 3.43. The van der Waals surface area contributed by atoms with E-state index in [0.29, 0.717) is 41.3 Å². The van der Waals surface area contributed by atoms with Crippen LogP contribution in [0, 0.1) is 5.92 Å². The lowest BCUT2D eigenvalue weighted by Gasteiger charge is -2.32. The van der Waals surface area contributed by atoms with Gasteiger partial charge in [0.15, 0.2) is 0 Å². The van der Waals surface area contributed by atoms with Crippen LogP contribution in [0.2, 0.25) is 5.02 Å². The highest BCUT2D eigenvalue weighted by Crippen LogP contribution is 2.39. The minimum atomic E-state index is -0.373. The normalized spacial score (nSPS) is 16.7. The van der Waals surface area contributed by atoms with Gasteiger partial charge in [-0.15, -0.1) is 0 Å². The Hall–Kier alpha value is -1.72. The number of esters is 1. The zero-order valence-electron chi connectivity index (χ0n) is 17.6. The van der Waals surface area contributed by atoms with Crippen molar-refractivity contribution in [2.24, 2.45) is 5.92 Å². The van der Waals surface area contributed by atoms with E-state index in [-0.39, 0.29) is 17.0 Å². The summed E-state index contributed by atoms with van der Waals surface area (Å²) in [5, 5.41) is 4.02. The number of dihydropyridines is 1. The highest BCUT2D eigenvalue weighted by atomic mass is 35.5. The van der Waals surface area contributed by atoms with E-state index in [4.69, 9.17) is 16.3 Å². The van der Waals surface area contributed by atoms with E-state index in [0.717, 1.165) is 29.9 Å². The number of halogens is 1. The number of hydrogen-bond donors (Lipinski definition) is 1. The van der Waals surface area contributed by atoms with E-state index < -0.39 is 0 Å². The molecule has 6 heteroatoms. The second-order valence-electron chi connectivity index (χ2n) is 6.90. The van der Waals surface area contributed by atoms with Crippen LogP contribution in [0.25, 0.3) is 5.70 Å². The van der Waals surface area contributed by atoms with Gasteiger partial charge < -0.3 is 10.1 Å². The average molecular weight is 436 g/mol. The summed E-state index contributed by atoms with van der Waals surface area (Å²) in [7, 11) is 0. The third kappa shape index (κ3) is 5.67. The Balaban J connectivity index is 2.61. The number of nitrogens with one attached hydrogen (secondary N) is 1. The van der Waals surface area contributed by atoms with Gasteiger partial charge in [0, 0.05) is 28.0 Å². The van der Waals surface area contributed by atoms with Crippen molar-refractivity contribution >= 4 is 40.1 Å². The van der Waals surface area contributed by atoms with Crippen molar-refractivity contribution in [3.05, 3.63) is 51.7 Å². The van der Waals surface area contributed by atoms with E-state index in [2.05, 4.69) is 12.2 Å². The first-order valence-electron chi connectivity index (χ1n) is 10.3. The highest BCUT2D eigenvalue weighted by Gasteiger charge is 2.37. The zero-order chi connectivity index (χ0) is 21.4. The van der Waals surface area contributed by atoms with Crippen molar-refractivity contribution in [3.63, 3.8) is 0 Å². The third-order valence-electron chi connectivity index (χ3n) is 4.76. The van der Waals surface area contributed by atoms with Gasteiger partial charge in [-0.3, -0.25) is 4.79 Å². The molecule has 1 aromatic carbocycles. The summed E-state index contributed by atoms with van der Waals surface area (Å²) in [4.78, 5) is 26.1. The fourth-order valence-corrected chi connectivity index (χ4v) is 4.43. The first kappa shape index (κ1) is 23.6. The van der Waals surface area contributed by atoms with Crippen LogP contribution in [0.1, 0.15) is 58.9 Å². The van der Waals surface area contributed by atoms with Crippen LogP contribution in [-0.2, 0) is 14.3 Å². The molecule has 1 aliphatic heterocycles. The molecule has 0 bridgehead atoms. The zero-order valence-corrected chi connectivity index (χ0v) is 19.2. The molecule has 0 aliphatic carbocycles. The molecule has 1 aliphatic rings. The predicted molar refractivity (Wildman–Crippen MR) is 122 cm³/mol. The molecule has 29 heavy (non-hydrogen) atoms. The Morgan fingerprint density at radius 3 is 2.48 bits per heavy atom. The summed E-state index contributed by atoms with van der Waals surface area (Å²) in [6.07, 6.45) is 2.97. The number of benzene rings is 1. The number of ether oxygens (including phenoxy) is 1. The molecule has 1 aromatic rings. The molecule has 0 spiro atoms. The molecule has 0 saturated carbocycles. The van der Waals surface area contributed by atoms with Crippen molar-refractivity contribution in [1.82, 2.24) is 5.32 Å². The molecule has 1 heterocycles. The third-order valence-corrected chi connectivity index (χ3v) is 6.09. The van der Waals surface area contributed by atoms with Gasteiger partial charge in [-0.1, -0.05) is 63.2 Å².